The van der Waals surface area contributed by atoms with Crippen molar-refractivity contribution in [2.45, 2.75) is 45.4 Å². The highest BCUT2D eigenvalue weighted by molar-refractivity contribution is 7.89. The van der Waals surface area contributed by atoms with E-state index in [1.54, 1.807) is 18.2 Å². The first-order valence-corrected chi connectivity index (χ1v) is 10.1. The fourth-order valence-corrected chi connectivity index (χ4v) is 3.15. The van der Waals surface area contributed by atoms with E-state index in [0.29, 0.717) is 12.5 Å². The van der Waals surface area contributed by atoms with Crippen LogP contribution in [-0.4, -0.2) is 40.0 Å². The van der Waals surface area contributed by atoms with Crippen LogP contribution in [0.15, 0.2) is 23.1 Å². The lowest BCUT2D eigenvalue weighted by Crippen LogP contribution is -2.31. The largest absolute Gasteiger partial charge is 0.456 e. The number of ether oxygens (including phenoxy) is 1. The van der Waals surface area contributed by atoms with Gasteiger partial charge in [0.15, 0.2) is 6.61 Å². The summed E-state index contributed by atoms with van der Waals surface area (Å²) in [5, 5.41) is 2.64. The molecule has 0 aliphatic carbocycles. The Morgan fingerprint density at radius 2 is 1.85 bits per heavy atom. The van der Waals surface area contributed by atoms with Crippen LogP contribution in [0.1, 0.15) is 37.8 Å². The number of carbonyl (C=O) groups excluding carboxylic acids is 2. The number of nitrogens with one attached hydrogen (secondary N) is 2. The molecule has 0 heterocycles. The molecule has 1 aromatic carbocycles. The summed E-state index contributed by atoms with van der Waals surface area (Å²) in [5.41, 5.74) is 1.91. The SMILES string of the molecule is Cc1ccc(S(=O)(=O)NCCCC(=O)OCC(=O)NCC(C)C)cc1C. The highest BCUT2D eigenvalue weighted by Crippen LogP contribution is 2.14. The van der Waals surface area contributed by atoms with E-state index in [9.17, 15) is 18.0 Å². The molecule has 0 atom stereocenters. The summed E-state index contributed by atoms with van der Waals surface area (Å²) in [6.07, 6.45) is 0.323. The van der Waals surface area contributed by atoms with Gasteiger partial charge in [-0.05, 0) is 49.4 Å². The molecule has 1 amide bonds. The average molecular weight is 384 g/mol. The fourth-order valence-electron chi connectivity index (χ4n) is 1.99. The van der Waals surface area contributed by atoms with E-state index < -0.39 is 16.0 Å². The molecule has 0 aliphatic rings. The van der Waals surface area contributed by atoms with Crippen LogP contribution >= 0.6 is 0 Å². The summed E-state index contributed by atoms with van der Waals surface area (Å²) in [6, 6.07) is 4.92. The van der Waals surface area contributed by atoms with Crippen molar-refractivity contribution in [3.05, 3.63) is 29.3 Å². The number of amides is 1. The molecule has 0 saturated heterocycles. The van der Waals surface area contributed by atoms with Crippen LogP contribution in [0.4, 0.5) is 0 Å². The van der Waals surface area contributed by atoms with Gasteiger partial charge in [-0.3, -0.25) is 9.59 Å². The van der Waals surface area contributed by atoms with Gasteiger partial charge in [0.2, 0.25) is 10.0 Å². The maximum Gasteiger partial charge on any atom is 0.306 e. The zero-order chi connectivity index (χ0) is 19.7. The Bertz CT molecular complexity index is 729. The Hall–Kier alpha value is -1.93. The second-order valence-electron chi connectivity index (χ2n) is 6.61. The standard InChI is InChI=1S/C18H28N2O5S/c1-13(2)11-19-17(21)12-25-18(22)6-5-9-20-26(23,24)16-8-7-14(3)15(4)10-16/h7-8,10,13,20H,5-6,9,11-12H2,1-4H3,(H,19,21). The van der Waals surface area contributed by atoms with Gasteiger partial charge in [-0.1, -0.05) is 19.9 Å². The summed E-state index contributed by atoms with van der Waals surface area (Å²) in [6.45, 7) is 8.01. The Kier molecular flexibility index (Phi) is 8.74. The van der Waals surface area contributed by atoms with Crippen LogP contribution in [0.3, 0.4) is 0 Å². The molecule has 0 spiro atoms. The zero-order valence-electron chi connectivity index (χ0n) is 15.8. The minimum Gasteiger partial charge on any atom is -0.456 e. The molecule has 0 radical (unpaired) electrons. The smallest absolute Gasteiger partial charge is 0.306 e. The molecule has 0 aliphatic heterocycles. The van der Waals surface area contributed by atoms with E-state index in [0.717, 1.165) is 11.1 Å². The van der Waals surface area contributed by atoms with Gasteiger partial charge in [0.1, 0.15) is 0 Å². The molecule has 0 bridgehead atoms. The van der Waals surface area contributed by atoms with Gasteiger partial charge in [0, 0.05) is 19.5 Å². The number of hydrogen-bond acceptors (Lipinski definition) is 5. The van der Waals surface area contributed by atoms with Crippen molar-refractivity contribution in [1.29, 1.82) is 0 Å². The summed E-state index contributed by atoms with van der Waals surface area (Å²) >= 11 is 0. The van der Waals surface area contributed by atoms with Crippen molar-refractivity contribution in [3.63, 3.8) is 0 Å². The molecule has 8 heteroatoms. The van der Waals surface area contributed by atoms with Crippen LogP contribution in [0.25, 0.3) is 0 Å². The fraction of sp³-hybridized carbons (Fsp3) is 0.556. The summed E-state index contributed by atoms with van der Waals surface area (Å²) < 4.78 is 31.7. The number of rotatable bonds is 10. The first kappa shape index (κ1) is 22.1. The molecular weight excluding hydrogens is 356 g/mol. The second-order valence-corrected chi connectivity index (χ2v) is 8.37. The van der Waals surface area contributed by atoms with Crippen molar-refractivity contribution in [2.75, 3.05) is 19.7 Å². The van der Waals surface area contributed by atoms with Gasteiger partial charge >= 0.3 is 5.97 Å². The highest BCUT2D eigenvalue weighted by atomic mass is 32.2. The quantitative estimate of drug-likeness (QED) is 0.472. The number of esters is 1. The predicted molar refractivity (Wildman–Crippen MR) is 99.1 cm³/mol. The molecule has 2 N–H and O–H groups in total. The Morgan fingerprint density at radius 1 is 1.15 bits per heavy atom. The van der Waals surface area contributed by atoms with Gasteiger partial charge in [0.25, 0.3) is 5.91 Å². The van der Waals surface area contributed by atoms with Crippen LogP contribution in [0.5, 0.6) is 0 Å². The van der Waals surface area contributed by atoms with Gasteiger partial charge in [-0.25, -0.2) is 13.1 Å². The lowest BCUT2D eigenvalue weighted by Gasteiger charge is -2.09. The molecule has 0 fully saturated rings. The molecule has 146 valence electrons. The van der Waals surface area contributed by atoms with Crippen molar-refractivity contribution in [1.82, 2.24) is 10.0 Å². The van der Waals surface area contributed by atoms with Crippen LogP contribution in [-0.2, 0) is 24.3 Å². The summed E-state index contributed by atoms with van der Waals surface area (Å²) in [5.74, 6) is -0.558. The third-order valence-corrected chi connectivity index (χ3v) is 5.17. The third-order valence-electron chi connectivity index (χ3n) is 3.71. The Morgan fingerprint density at radius 3 is 2.46 bits per heavy atom. The summed E-state index contributed by atoms with van der Waals surface area (Å²) in [7, 11) is -3.60. The topological polar surface area (TPSA) is 102 Å². The molecule has 26 heavy (non-hydrogen) atoms. The van der Waals surface area contributed by atoms with Crippen molar-refractivity contribution < 1.29 is 22.7 Å². The van der Waals surface area contributed by atoms with E-state index in [1.165, 1.54) is 0 Å². The van der Waals surface area contributed by atoms with Gasteiger partial charge < -0.3 is 10.1 Å². The number of carbonyl (C=O) groups is 2. The molecule has 7 nitrogen and oxygen atoms in total. The minimum atomic E-state index is -3.60. The first-order valence-electron chi connectivity index (χ1n) is 8.61. The maximum absolute atomic E-state index is 12.2. The molecular formula is C18H28N2O5S. The predicted octanol–water partition coefficient (Wildman–Crippen LogP) is 1.68. The number of sulfonamides is 1. The first-order chi connectivity index (χ1) is 12.1. The Labute approximate surface area is 155 Å². The number of aryl methyl sites for hydroxylation is 2. The van der Waals surface area contributed by atoms with E-state index in [2.05, 4.69) is 10.0 Å². The van der Waals surface area contributed by atoms with Gasteiger partial charge in [-0.15, -0.1) is 0 Å². The lowest BCUT2D eigenvalue weighted by molar-refractivity contribution is -0.148. The van der Waals surface area contributed by atoms with Gasteiger partial charge in [-0.2, -0.15) is 0 Å². The average Bonchev–Trinajstić information content (AvgIpc) is 2.57. The van der Waals surface area contributed by atoms with E-state index >= 15 is 0 Å². The van der Waals surface area contributed by atoms with Crippen LogP contribution < -0.4 is 10.0 Å². The van der Waals surface area contributed by atoms with Gasteiger partial charge in [0.05, 0.1) is 4.90 Å². The third kappa shape index (κ3) is 7.97. The van der Waals surface area contributed by atoms with E-state index in [1.807, 2.05) is 27.7 Å². The molecule has 0 unspecified atom stereocenters. The van der Waals surface area contributed by atoms with E-state index in [-0.39, 0.29) is 36.8 Å². The van der Waals surface area contributed by atoms with Crippen molar-refractivity contribution >= 4 is 21.9 Å². The molecule has 1 aromatic rings. The minimum absolute atomic E-state index is 0.0346. The van der Waals surface area contributed by atoms with Crippen LogP contribution in [0, 0.1) is 19.8 Å². The highest BCUT2D eigenvalue weighted by Gasteiger charge is 2.14. The van der Waals surface area contributed by atoms with Crippen molar-refractivity contribution in [3.8, 4) is 0 Å². The van der Waals surface area contributed by atoms with Crippen LogP contribution in [0.2, 0.25) is 0 Å². The monoisotopic (exact) mass is 384 g/mol. The van der Waals surface area contributed by atoms with Crippen molar-refractivity contribution in [2.24, 2.45) is 5.92 Å². The lowest BCUT2D eigenvalue weighted by atomic mass is 10.1. The molecule has 0 saturated carbocycles. The van der Waals surface area contributed by atoms with E-state index in [4.69, 9.17) is 4.74 Å². The second kappa shape index (κ2) is 10.3. The number of hydrogen-bond donors (Lipinski definition) is 2. The molecule has 0 aromatic heterocycles. The number of benzene rings is 1. The molecule has 1 rings (SSSR count). The summed E-state index contributed by atoms with van der Waals surface area (Å²) in [4.78, 5) is 23.2. The zero-order valence-corrected chi connectivity index (χ0v) is 16.6. The maximum atomic E-state index is 12.2. The Balaban J connectivity index is 2.31. The normalized spacial score (nSPS) is 11.4.